The molecule has 0 radical (unpaired) electrons. The SMILES string of the molecule is O=c1cc(C(F)(F)F)[nH]c2cc(Br)cc(C(F)(F)F)c12. The zero-order chi connectivity index (χ0) is 15.3. The maximum atomic E-state index is 12.8. The number of hydrogen-bond donors (Lipinski definition) is 1. The van der Waals surface area contributed by atoms with Gasteiger partial charge in [0, 0.05) is 10.5 Å². The number of aromatic nitrogens is 1. The number of nitrogens with one attached hydrogen (secondary N) is 1. The zero-order valence-electron chi connectivity index (χ0n) is 9.29. The standard InChI is InChI=1S/C11H4BrF6NO/c12-4-1-5(10(13,14)15)9-6(2-4)19-8(3-7(9)20)11(16,17)18/h1-3H,(H,19,20). The molecule has 0 spiro atoms. The fourth-order valence-corrected chi connectivity index (χ4v) is 2.19. The maximum absolute atomic E-state index is 12.8. The monoisotopic (exact) mass is 359 g/mol. The quantitative estimate of drug-likeness (QED) is 0.698. The first-order valence-corrected chi connectivity index (χ1v) is 5.80. The van der Waals surface area contributed by atoms with Crippen molar-refractivity contribution in [2.45, 2.75) is 12.4 Å². The first-order chi connectivity index (χ1) is 9.00. The lowest BCUT2D eigenvalue weighted by atomic mass is 10.1. The average molecular weight is 360 g/mol. The van der Waals surface area contributed by atoms with Crippen LogP contribution in [0.3, 0.4) is 0 Å². The minimum Gasteiger partial charge on any atom is -0.351 e. The molecule has 0 saturated heterocycles. The molecule has 1 N–H and O–H groups in total. The summed E-state index contributed by atoms with van der Waals surface area (Å²) < 4.78 is 75.9. The van der Waals surface area contributed by atoms with Crippen LogP contribution in [0.15, 0.2) is 27.5 Å². The van der Waals surface area contributed by atoms with E-state index >= 15 is 0 Å². The highest BCUT2D eigenvalue weighted by atomic mass is 79.9. The molecule has 2 nitrogen and oxygen atoms in total. The van der Waals surface area contributed by atoms with E-state index in [9.17, 15) is 31.1 Å². The predicted molar refractivity (Wildman–Crippen MR) is 62.3 cm³/mol. The van der Waals surface area contributed by atoms with E-state index in [2.05, 4.69) is 15.9 Å². The summed E-state index contributed by atoms with van der Waals surface area (Å²) in [4.78, 5) is 13.4. The van der Waals surface area contributed by atoms with Gasteiger partial charge in [0.1, 0.15) is 5.69 Å². The summed E-state index contributed by atoms with van der Waals surface area (Å²) in [5, 5.41) is -0.825. The molecule has 0 atom stereocenters. The van der Waals surface area contributed by atoms with Crippen LogP contribution in [-0.4, -0.2) is 4.98 Å². The molecule has 9 heteroatoms. The largest absolute Gasteiger partial charge is 0.431 e. The van der Waals surface area contributed by atoms with Gasteiger partial charge in [0.25, 0.3) is 0 Å². The normalized spacial score (nSPS) is 12.9. The van der Waals surface area contributed by atoms with Gasteiger partial charge in [-0.05, 0) is 12.1 Å². The van der Waals surface area contributed by atoms with Gasteiger partial charge in [0.05, 0.1) is 16.5 Å². The van der Waals surface area contributed by atoms with Crippen molar-refractivity contribution < 1.29 is 26.3 Å². The Hall–Kier alpha value is -1.51. The van der Waals surface area contributed by atoms with E-state index in [0.29, 0.717) is 6.07 Å². The van der Waals surface area contributed by atoms with Gasteiger partial charge in [-0.3, -0.25) is 4.79 Å². The van der Waals surface area contributed by atoms with Crippen LogP contribution in [0.2, 0.25) is 0 Å². The van der Waals surface area contributed by atoms with Crippen molar-refractivity contribution in [1.82, 2.24) is 4.98 Å². The van der Waals surface area contributed by atoms with Crippen LogP contribution in [0.5, 0.6) is 0 Å². The van der Waals surface area contributed by atoms with Crippen LogP contribution < -0.4 is 5.43 Å². The Bertz CT molecular complexity index is 730. The van der Waals surface area contributed by atoms with Gasteiger partial charge in [-0.15, -0.1) is 0 Å². The number of benzene rings is 1. The number of fused-ring (bicyclic) bond motifs is 1. The molecule has 0 bridgehead atoms. The van der Waals surface area contributed by atoms with Gasteiger partial charge in [0.2, 0.25) is 0 Å². The third-order valence-electron chi connectivity index (χ3n) is 2.51. The van der Waals surface area contributed by atoms with E-state index in [1.807, 2.05) is 0 Å². The van der Waals surface area contributed by atoms with Crippen LogP contribution in [0, 0.1) is 0 Å². The Balaban J connectivity index is 2.92. The van der Waals surface area contributed by atoms with Crippen molar-refractivity contribution in [3.63, 3.8) is 0 Å². The number of H-pyrrole nitrogens is 1. The van der Waals surface area contributed by atoms with Crippen LogP contribution in [0.1, 0.15) is 11.3 Å². The van der Waals surface area contributed by atoms with Gasteiger partial charge in [0.15, 0.2) is 5.43 Å². The summed E-state index contributed by atoms with van der Waals surface area (Å²) >= 11 is 2.77. The maximum Gasteiger partial charge on any atom is 0.431 e. The molecule has 2 aromatic rings. The molecule has 1 heterocycles. The van der Waals surface area contributed by atoms with Crippen LogP contribution >= 0.6 is 15.9 Å². The highest BCUT2D eigenvalue weighted by molar-refractivity contribution is 9.10. The second-order valence-corrected chi connectivity index (χ2v) is 4.83. The Morgan fingerprint density at radius 3 is 2.05 bits per heavy atom. The minimum absolute atomic E-state index is 0.0905. The number of hydrogen-bond acceptors (Lipinski definition) is 1. The molecular weight excluding hydrogens is 356 g/mol. The number of halogens is 7. The third-order valence-corrected chi connectivity index (χ3v) is 2.96. The Labute approximate surface area is 115 Å². The molecule has 1 aromatic heterocycles. The fourth-order valence-electron chi connectivity index (χ4n) is 1.73. The molecule has 20 heavy (non-hydrogen) atoms. The molecule has 0 aliphatic carbocycles. The Kier molecular flexibility index (Phi) is 3.35. The molecule has 0 saturated carbocycles. The van der Waals surface area contributed by atoms with Gasteiger partial charge in [-0.2, -0.15) is 26.3 Å². The molecule has 108 valence electrons. The molecule has 0 unspecified atom stereocenters. The molecule has 0 fully saturated rings. The Morgan fingerprint density at radius 1 is 0.950 bits per heavy atom. The van der Waals surface area contributed by atoms with Crippen molar-refractivity contribution in [3.8, 4) is 0 Å². The highest BCUT2D eigenvalue weighted by Crippen LogP contribution is 2.36. The first kappa shape index (κ1) is 14.9. The number of aromatic amines is 1. The minimum atomic E-state index is -4.85. The van der Waals surface area contributed by atoms with E-state index in [4.69, 9.17) is 0 Å². The van der Waals surface area contributed by atoms with E-state index in [1.165, 1.54) is 0 Å². The molecule has 1 aromatic carbocycles. The summed E-state index contributed by atoms with van der Waals surface area (Å²) in [6.07, 6.45) is -9.71. The average Bonchev–Trinajstić information content (AvgIpc) is 2.24. The van der Waals surface area contributed by atoms with Gasteiger partial charge < -0.3 is 4.98 Å². The van der Waals surface area contributed by atoms with E-state index in [1.54, 1.807) is 4.98 Å². The third kappa shape index (κ3) is 2.67. The molecule has 2 rings (SSSR count). The molecule has 0 aliphatic heterocycles. The van der Waals surface area contributed by atoms with Crippen molar-refractivity contribution in [2.24, 2.45) is 0 Å². The van der Waals surface area contributed by atoms with Crippen molar-refractivity contribution in [2.75, 3.05) is 0 Å². The summed E-state index contributed by atoms with van der Waals surface area (Å²) in [6.45, 7) is 0. The van der Waals surface area contributed by atoms with Gasteiger partial charge >= 0.3 is 12.4 Å². The highest BCUT2D eigenvalue weighted by Gasteiger charge is 2.36. The van der Waals surface area contributed by atoms with E-state index in [-0.39, 0.29) is 10.5 Å². The van der Waals surface area contributed by atoms with E-state index < -0.39 is 39.9 Å². The lowest BCUT2D eigenvalue weighted by Crippen LogP contribution is -2.17. The summed E-state index contributed by atoms with van der Waals surface area (Å²) in [5.41, 5.74) is -4.57. The van der Waals surface area contributed by atoms with Crippen molar-refractivity contribution in [1.29, 1.82) is 0 Å². The fraction of sp³-hybridized carbons (Fsp3) is 0.182. The first-order valence-electron chi connectivity index (χ1n) is 5.01. The summed E-state index contributed by atoms with van der Waals surface area (Å²) in [6, 6.07) is 1.75. The number of pyridine rings is 1. The predicted octanol–water partition coefficient (Wildman–Crippen LogP) is 4.33. The molecule has 0 aliphatic rings. The van der Waals surface area contributed by atoms with Gasteiger partial charge in [-0.1, -0.05) is 15.9 Å². The van der Waals surface area contributed by atoms with Crippen LogP contribution in [0.25, 0.3) is 10.9 Å². The molecule has 0 amide bonds. The second-order valence-electron chi connectivity index (χ2n) is 3.92. The summed E-state index contributed by atoms with van der Waals surface area (Å²) in [5.74, 6) is 0. The van der Waals surface area contributed by atoms with Crippen molar-refractivity contribution in [3.05, 3.63) is 44.2 Å². The zero-order valence-corrected chi connectivity index (χ0v) is 10.9. The van der Waals surface area contributed by atoms with Crippen LogP contribution in [0.4, 0.5) is 26.3 Å². The number of rotatable bonds is 0. The smallest absolute Gasteiger partial charge is 0.351 e. The van der Waals surface area contributed by atoms with Crippen LogP contribution in [-0.2, 0) is 12.4 Å². The number of alkyl halides is 6. The second kappa shape index (κ2) is 4.51. The molecular formula is C11H4BrF6NO. The van der Waals surface area contributed by atoms with Gasteiger partial charge in [-0.25, -0.2) is 0 Å². The topological polar surface area (TPSA) is 32.9 Å². The lowest BCUT2D eigenvalue weighted by Gasteiger charge is -2.13. The summed E-state index contributed by atoms with van der Waals surface area (Å²) in [7, 11) is 0. The van der Waals surface area contributed by atoms with E-state index in [0.717, 1.165) is 6.07 Å². The lowest BCUT2D eigenvalue weighted by molar-refractivity contribution is -0.141. The van der Waals surface area contributed by atoms with Crippen molar-refractivity contribution >= 4 is 26.8 Å². The Morgan fingerprint density at radius 2 is 1.55 bits per heavy atom.